The lowest BCUT2D eigenvalue weighted by Gasteiger charge is -2.28. The number of rotatable bonds is 4. The van der Waals surface area contributed by atoms with Gasteiger partial charge in [-0.15, -0.1) is 11.8 Å². The van der Waals surface area contributed by atoms with Gasteiger partial charge in [-0.3, -0.25) is 4.79 Å². The molecule has 120 valence electrons. The van der Waals surface area contributed by atoms with Crippen molar-refractivity contribution in [1.82, 2.24) is 0 Å². The first-order valence-electron chi connectivity index (χ1n) is 7.36. The Morgan fingerprint density at radius 2 is 1.87 bits per heavy atom. The minimum Gasteiger partial charge on any atom is -0.497 e. The number of amides is 1. The summed E-state index contributed by atoms with van der Waals surface area (Å²) in [6.45, 7) is 0. The second-order valence-corrected chi connectivity index (χ2v) is 6.25. The first-order chi connectivity index (χ1) is 11.2. The number of fused-ring (bicyclic) bond motifs is 1. The number of carbonyl (C=O) groups is 1. The summed E-state index contributed by atoms with van der Waals surface area (Å²) in [7, 11) is 3.24. The summed E-state index contributed by atoms with van der Waals surface area (Å²) in [5.41, 5.74) is 2.88. The van der Waals surface area contributed by atoms with Crippen LogP contribution in [0.15, 0.2) is 41.3 Å². The maximum atomic E-state index is 12.1. The van der Waals surface area contributed by atoms with E-state index < -0.39 is 0 Å². The van der Waals surface area contributed by atoms with Crippen molar-refractivity contribution in [2.45, 2.75) is 17.2 Å². The lowest BCUT2D eigenvalue weighted by Crippen LogP contribution is -2.24. The fourth-order valence-electron chi connectivity index (χ4n) is 2.96. The van der Waals surface area contributed by atoms with E-state index in [0.717, 1.165) is 22.6 Å². The average Bonchev–Trinajstić information content (AvgIpc) is 2.59. The van der Waals surface area contributed by atoms with Gasteiger partial charge < -0.3 is 14.8 Å². The fraction of sp³-hybridized carbons (Fsp3) is 0.278. The zero-order valence-electron chi connectivity index (χ0n) is 13.4. The van der Waals surface area contributed by atoms with Gasteiger partial charge in [0.15, 0.2) is 0 Å². The molecule has 3 rings (SSSR count). The van der Waals surface area contributed by atoms with Gasteiger partial charge in [-0.25, -0.2) is 0 Å². The van der Waals surface area contributed by atoms with E-state index in [-0.39, 0.29) is 11.8 Å². The molecule has 0 aromatic heterocycles. The van der Waals surface area contributed by atoms with E-state index >= 15 is 0 Å². The van der Waals surface area contributed by atoms with Gasteiger partial charge in [-0.2, -0.15) is 0 Å². The highest BCUT2D eigenvalue weighted by Crippen LogP contribution is 2.44. The summed E-state index contributed by atoms with van der Waals surface area (Å²) in [6.07, 6.45) is 2.46. The SMILES string of the molecule is COc1cc2c(c(OC)c1)[C@@H](c1ccc(SC)cc1)CC(=O)N2. The molecule has 2 aromatic carbocycles. The number of carbonyl (C=O) groups excluding carboxylic acids is 1. The molecule has 0 unspecified atom stereocenters. The maximum Gasteiger partial charge on any atom is 0.225 e. The minimum atomic E-state index is -0.0180. The molecule has 1 aliphatic heterocycles. The van der Waals surface area contributed by atoms with Crippen LogP contribution >= 0.6 is 11.8 Å². The van der Waals surface area contributed by atoms with Crippen LogP contribution in [0.2, 0.25) is 0 Å². The van der Waals surface area contributed by atoms with Crippen LogP contribution in [0.25, 0.3) is 0 Å². The molecule has 0 saturated carbocycles. The van der Waals surface area contributed by atoms with Gasteiger partial charge in [-0.1, -0.05) is 12.1 Å². The fourth-order valence-corrected chi connectivity index (χ4v) is 3.37. The van der Waals surface area contributed by atoms with Crippen LogP contribution in [0.4, 0.5) is 5.69 Å². The van der Waals surface area contributed by atoms with Gasteiger partial charge in [0.25, 0.3) is 0 Å². The molecule has 0 aliphatic carbocycles. The first kappa shape index (κ1) is 15.7. The summed E-state index contributed by atoms with van der Waals surface area (Å²) in [6, 6.07) is 12.0. The topological polar surface area (TPSA) is 47.6 Å². The monoisotopic (exact) mass is 329 g/mol. The van der Waals surface area contributed by atoms with Crippen LogP contribution in [-0.2, 0) is 4.79 Å². The average molecular weight is 329 g/mol. The Morgan fingerprint density at radius 3 is 2.48 bits per heavy atom. The van der Waals surface area contributed by atoms with E-state index in [9.17, 15) is 4.79 Å². The van der Waals surface area contributed by atoms with E-state index in [0.29, 0.717) is 12.2 Å². The molecule has 0 fully saturated rings. The lowest BCUT2D eigenvalue weighted by atomic mass is 9.84. The van der Waals surface area contributed by atoms with Crippen molar-refractivity contribution < 1.29 is 14.3 Å². The molecule has 1 atom stereocenters. The number of hydrogen-bond donors (Lipinski definition) is 1. The van der Waals surface area contributed by atoms with E-state index in [4.69, 9.17) is 9.47 Å². The molecule has 0 spiro atoms. The van der Waals surface area contributed by atoms with E-state index in [1.807, 2.05) is 18.4 Å². The van der Waals surface area contributed by atoms with Gasteiger partial charge >= 0.3 is 0 Å². The highest BCUT2D eigenvalue weighted by atomic mass is 32.2. The third-order valence-electron chi connectivity index (χ3n) is 4.10. The molecule has 1 aliphatic rings. The molecular formula is C18H19NO3S. The zero-order chi connectivity index (χ0) is 16.4. The molecule has 1 N–H and O–H groups in total. The normalized spacial score (nSPS) is 16.5. The van der Waals surface area contributed by atoms with Gasteiger partial charge in [0, 0.05) is 34.9 Å². The highest BCUT2D eigenvalue weighted by molar-refractivity contribution is 7.98. The number of hydrogen-bond acceptors (Lipinski definition) is 4. The third kappa shape index (κ3) is 3.01. The Balaban J connectivity index is 2.11. The minimum absolute atomic E-state index is 0.00625. The smallest absolute Gasteiger partial charge is 0.225 e. The zero-order valence-corrected chi connectivity index (χ0v) is 14.2. The summed E-state index contributed by atoms with van der Waals surface area (Å²) in [4.78, 5) is 13.3. The summed E-state index contributed by atoms with van der Waals surface area (Å²) >= 11 is 1.70. The molecular weight excluding hydrogens is 310 g/mol. The number of methoxy groups -OCH3 is 2. The van der Waals surface area contributed by atoms with Gasteiger partial charge in [0.05, 0.1) is 19.9 Å². The number of benzene rings is 2. The van der Waals surface area contributed by atoms with E-state index in [1.165, 1.54) is 4.90 Å². The van der Waals surface area contributed by atoms with Crippen molar-refractivity contribution in [2.24, 2.45) is 0 Å². The quantitative estimate of drug-likeness (QED) is 0.864. The molecule has 23 heavy (non-hydrogen) atoms. The number of thioether (sulfide) groups is 1. The van der Waals surface area contributed by atoms with Crippen molar-refractivity contribution in [3.63, 3.8) is 0 Å². The number of ether oxygens (including phenoxy) is 2. The second-order valence-electron chi connectivity index (χ2n) is 5.37. The number of anilines is 1. The number of nitrogens with one attached hydrogen (secondary N) is 1. The molecule has 0 radical (unpaired) electrons. The predicted octanol–water partition coefficient (Wildman–Crippen LogP) is 3.90. The van der Waals surface area contributed by atoms with Crippen molar-refractivity contribution in [2.75, 3.05) is 25.8 Å². The highest BCUT2D eigenvalue weighted by Gasteiger charge is 2.30. The molecule has 5 heteroatoms. The third-order valence-corrected chi connectivity index (χ3v) is 4.85. The predicted molar refractivity (Wildman–Crippen MR) is 92.9 cm³/mol. The van der Waals surface area contributed by atoms with Crippen LogP contribution in [0.1, 0.15) is 23.5 Å². The molecule has 2 aromatic rings. The Bertz CT molecular complexity index is 728. The standard InChI is InChI=1S/C18H19NO3S/c1-21-12-8-15-18(16(9-12)22-2)14(10-17(20)19-15)11-4-6-13(23-3)7-5-11/h4-9,14H,10H2,1-3H3,(H,19,20)/t14-/m1/s1. The lowest BCUT2D eigenvalue weighted by molar-refractivity contribution is -0.116. The largest absolute Gasteiger partial charge is 0.497 e. The van der Waals surface area contributed by atoms with Gasteiger partial charge in [0.2, 0.25) is 5.91 Å². The van der Waals surface area contributed by atoms with E-state index in [2.05, 4.69) is 29.6 Å². The molecule has 1 amide bonds. The molecule has 0 bridgehead atoms. The summed E-state index contributed by atoms with van der Waals surface area (Å²) < 4.78 is 10.8. The van der Waals surface area contributed by atoms with Crippen molar-refractivity contribution in [3.8, 4) is 11.5 Å². The molecule has 0 saturated heterocycles. The van der Waals surface area contributed by atoms with Crippen molar-refractivity contribution in [1.29, 1.82) is 0 Å². The first-order valence-corrected chi connectivity index (χ1v) is 8.58. The van der Waals surface area contributed by atoms with Crippen molar-refractivity contribution in [3.05, 3.63) is 47.5 Å². The summed E-state index contributed by atoms with van der Waals surface area (Å²) in [5, 5.41) is 2.93. The molecule has 4 nitrogen and oxygen atoms in total. The second kappa shape index (κ2) is 6.54. The van der Waals surface area contributed by atoms with Crippen LogP contribution in [0, 0.1) is 0 Å². The van der Waals surface area contributed by atoms with Crippen LogP contribution in [0.3, 0.4) is 0 Å². The van der Waals surface area contributed by atoms with Gasteiger partial charge in [-0.05, 0) is 24.0 Å². The molecule has 1 heterocycles. The Labute approximate surface area is 140 Å². The van der Waals surface area contributed by atoms with Crippen LogP contribution in [0.5, 0.6) is 11.5 Å². The Hall–Kier alpha value is -2.14. The summed E-state index contributed by atoms with van der Waals surface area (Å²) in [5.74, 6) is 1.39. The van der Waals surface area contributed by atoms with Crippen LogP contribution in [-0.4, -0.2) is 26.4 Å². The van der Waals surface area contributed by atoms with E-state index in [1.54, 1.807) is 26.0 Å². The maximum absolute atomic E-state index is 12.1. The van der Waals surface area contributed by atoms with Gasteiger partial charge in [0.1, 0.15) is 11.5 Å². The Morgan fingerprint density at radius 1 is 1.13 bits per heavy atom. The van der Waals surface area contributed by atoms with Crippen LogP contribution < -0.4 is 14.8 Å². The Kier molecular flexibility index (Phi) is 4.48. The van der Waals surface area contributed by atoms with Crippen molar-refractivity contribution >= 4 is 23.4 Å².